The molecule has 0 aliphatic carbocycles. The van der Waals surface area contributed by atoms with Gasteiger partial charge < -0.3 is 9.16 Å². The van der Waals surface area contributed by atoms with Gasteiger partial charge in [0, 0.05) is 13.7 Å². The minimum atomic E-state index is -2.45. The third kappa shape index (κ3) is 5.22. The van der Waals surface area contributed by atoms with Crippen LogP contribution in [-0.2, 0) is 9.16 Å². The van der Waals surface area contributed by atoms with Crippen LogP contribution in [0.4, 0.5) is 0 Å². The fourth-order valence-corrected chi connectivity index (χ4v) is 8.71. The highest BCUT2D eigenvalue weighted by atomic mass is 28.4. The molecule has 0 amide bonds. The second kappa shape index (κ2) is 10.2. The number of rotatable bonds is 10. The van der Waals surface area contributed by atoms with Gasteiger partial charge in [-0.25, -0.2) is 0 Å². The molecular weight excluding hydrogens is 360 g/mol. The van der Waals surface area contributed by atoms with Crippen molar-refractivity contribution in [3.63, 3.8) is 0 Å². The van der Waals surface area contributed by atoms with Gasteiger partial charge in [-0.15, -0.1) is 6.58 Å². The van der Waals surface area contributed by atoms with E-state index < -0.39 is 8.32 Å². The summed E-state index contributed by atoms with van der Waals surface area (Å²) in [6, 6.07) is 21.6. The highest BCUT2D eigenvalue weighted by Gasteiger charge is 2.50. The second-order valence-corrected chi connectivity index (χ2v) is 13.0. The maximum absolute atomic E-state index is 7.01. The van der Waals surface area contributed by atoms with Gasteiger partial charge in [-0.3, -0.25) is 0 Å². The Balaban J connectivity index is 2.38. The number of hydrogen-bond donors (Lipinski definition) is 0. The highest BCUT2D eigenvalue weighted by molar-refractivity contribution is 6.99. The van der Waals surface area contributed by atoms with Crippen molar-refractivity contribution < 1.29 is 9.16 Å². The minimum absolute atomic E-state index is 0.0111. The van der Waals surface area contributed by atoms with E-state index in [0.29, 0.717) is 5.92 Å². The number of benzene rings is 2. The van der Waals surface area contributed by atoms with E-state index >= 15 is 0 Å². The molecule has 0 heterocycles. The summed E-state index contributed by atoms with van der Waals surface area (Å²) in [7, 11) is -0.671. The van der Waals surface area contributed by atoms with Gasteiger partial charge in [-0.05, 0) is 34.2 Å². The summed E-state index contributed by atoms with van der Waals surface area (Å²) in [4.78, 5) is 0. The van der Waals surface area contributed by atoms with E-state index in [1.807, 2.05) is 6.08 Å². The summed E-state index contributed by atoms with van der Waals surface area (Å²) in [6.07, 6.45) is 3.99. The van der Waals surface area contributed by atoms with Crippen molar-refractivity contribution in [3.8, 4) is 0 Å². The van der Waals surface area contributed by atoms with E-state index in [0.717, 1.165) is 19.4 Å². The van der Waals surface area contributed by atoms with Gasteiger partial charge in [-0.1, -0.05) is 94.4 Å². The maximum Gasteiger partial charge on any atom is 0.261 e. The molecule has 2 nitrogen and oxygen atoms in total. The molecule has 2 rings (SSSR count). The third-order valence-electron chi connectivity index (χ3n) is 5.43. The molecule has 28 heavy (non-hydrogen) atoms. The standard InChI is InChI=1S/C25H36O2Si/c1-7-14-22(26-6)19-21(2)20-27-28(25(3,4)5,23-15-10-8-11-16-23)24-17-12-9-13-18-24/h7-13,15-18,21-22H,1,14,19-20H2,2-6H3/t21-,22+/m0/s1. The van der Waals surface area contributed by atoms with Crippen LogP contribution < -0.4 is 10.4 Å². The lowest BCUT2D eigenvalue weighted by Crippen LogP contribution is -2.66. The fourth-order valence-electron chi connectivity index (χ4n) is 4.02. The average Bonchev–Trinajstić information content (AvgIpc) is 2.68. The van der Waals surface area contributed by atoms with Gasteiger partial charge in [0.1, 0.15) is 0 Å². The lowest BCUT2D eigenvalue weighted by Gasteiger charge is -2.43. The number of methoxy groups -OCH3 is 1. The van der Waals surface area contributed by atoms with Crippen molar-refractivity contribution in [2.45, 2.75) is 51.7 Å². The second-order valence-electron chi connectivity index (χ2n) is 8.70. The summed E-state index contributed by atoms with van der Waals surface area (Å²) in [6.45, 7) is 13.8. The van der Waals surface area contributed by atoms with Crippen molar-refractivity contribution in [1.82, 2.24) is 0 Å². The monoisotopic (exact) mass is 396 g/mol. The molecule has 0 aliphatic rings. The van der Waals surface area contributed by atoms with Crippen LogP contribution in [0.15, 0.2) is 73.3 Å². The van der Waals surface area contributed by atoms with E-state index in [2.05, 4.69) is 94.9 Å². The van der Waals surface area contributed by atoms with Crippen molar-refractivity contribution in [2.75, 3.05) is 13.7 Å². The molecule has 0 saturated carbocycles. The molecule has 0 N–H and O–H groups in total. The largest absolute Gasteiger partial charge is 0.407 e. The van der Waals surface area contributed by atoms with Gasteiger partial charge in [0.15, 0.2) is 0 Å². The molecule has 0 fully saturated rings. The Morgan fingerprint density at radius 1 is 0.964 bits per heavy atom. The summed E-state index contributed by atoms with van der Waals surface area (Å²) < 4.78 is 12.6. The molecule has 2 atom stereocenters. The van der Waals surface area contributed by atoms with Crippen molar-refractivity contribution >= 4 is 18.7 Å². The number of hydrogen-bond acceptors (Lipinski definition) is 2. The van der Waals surface area contributed by atoms with Gasteiger partial charge in [0.25, 0.3) is 8.32 Å². The molecule has 152 valence electrons. The first-order chi connectivity index (χ1) is 13.3. The Morgan fingerprint density at radius 3 is 1.86 bits per heavy atom. The first kappa shape index (κ1) is 22.6. The normalized spacial score (nSPS) is 14.5. The Hall–Kier alpha value is -1.68. The zero-order chi connectivity index (χ0) is 20.6. The molecule has 3 heteroatoms. The molecule has 0 unspecified atom stereocenters. The molecule has 0 saturated heterocycles. The first-order valence-electron chi connectivity index (χ1n) is 10.2. The Bertz CT molecular complexity index is 667. The zero-order valence-corrected chi connectivity index (χ0v) is 19.2. The van der Waals surface area contributed by atoms with Crippen molar-refractivity contribution in [2.24, 2.45) is 5.92 Å². The summed E-state index contributed by atoms with van der Waals surface area (Å²) >= 11 is 0. The molecule has 2 aromatic rings. The maximum atomic E-state index is 7.01. The van der Waals surface area contributed by atoms with Gasteiger partial charge in [-0.2, -0.15) is 0 Å². The molecule has 0 radical (unpaired) electrons. The minimum Gasteiger partial charge on any atom is -0.407 e. The van der Waals surface area contributed by atoms with Gasteiger partial charge in [0.2, 0.25) is 0 Å². The quantitative estimate of drug-likeness (QED) is 0.407. The van der Waals surface area contributed by atoms with Crippen LogP contribution in [0.3, 0.4) is 0 Å². The zero-order valence-electron chi connectivity index (χ0n) is 18.2. The van der Waals surface area contributed by atoms with Crippen molar-refractivity contribution in [1.29, 1.82) is 0 Å². The van der Waals surface area contributed by atoms with E-state index in [9.17, 15) is 0 Å². The average molecular weight is 397 g/mol. The molecule has 0 aliphatic heterocycles. The van der Waals surface area contributed by atoms with E-state index in [4.69, 9.17) is 9.16 Å². The SMILES string of the molecule is C=CC[C@H](C[C@H](C)CO[Si](c1ccccc1)(c1ccccc1)C(C)(C)C)OC. The highest BCUT2D eigenvalue weighted by Crippen LogP contribution is 2.37. The van der Waals surface area contributed by atoms with Crippen LogP contribution in [-0.4, -0.2) is 28.1 Å². The fraction of sp³-hybridized carbons (Fsp3) is 0.440. The molecule has 0 bridgehead atoms. The first-order valence-corrected chi connectivity index (χ1v) is 12.1. The Labute approximate surface area is 172 Å². The summed E-state index contributed by atoms with van der Waals surface area (Å²) in [5, 5.41) is 2.67. The van der Waals surface area contributed by atoms with E-state index in [-0.39, 0.29) is 11.1 Å². The molecular formula is C25H36O2Si. The van der Waals surface area contributed by atoms with Gasteiger partial charge >= 0.3 is 0 Å². The Morgan fingerprint density at radius 2 is 1.46 bits per heavy atom. The molecule has 0 aromatic heterocycles. The van der Waals surface area contributed by atoms with Crippen LogP contribution in [0.5, 0.6) is 0 Å². The van der Waals surface area contributed by atoms with Crippen LogP contribution in [0.2, 0.25) is 5.04 Å². The lowest BCUT2D eigenvalue weighted by molar-refractivity contribution is 0.0750. The Kier molecular flexibility index (Phi) is 8.23. The molecule has 2 aromatic carbocycles. The smallest absolute Gasteiger partial charge is 0.261 e. The topological polar surface area (TPSA) is 18.5 Å². The van der Waals surface area contributed by atoms with Crippen LogP contribution >= 0.6 is 0 Å². The summed E-state index contributed by atoms with van der Waals surface area (Å²) in [5.74, 6) is 0.409. The number of ether oxygens (including phenoxy) is 1. The predicted molar refractivity (Wildman–Crippen MR) is 123 cm³/mol. The summed E-state index contributed by atoms with van der Waals surface area (Å²) in [5.41, 5.74) is 0. The van der Waals surface area contributed by atoms with Crippen LogP contribution in [0.25, 0.3) is 0 Å². The molecule has 0 spiro atoms. The predicted octanol–water partition coefficient (Wildman–Crippen LogP) is 5.18. The van der Waals surface area contributed by atoms with Crippen LogP contribution in [0.1, 0.15) is 40.5 Å². The van der Waals surface area contributed by atoms with Gasteiger partial charge in [0.05, 0.1) is 6.10 Å². The lowest BCUT2D eigenvalue weighted by atomic mass is 10.0. The van der Waals surface area contributed by atoms with E-state index in [1.165, 1.54) is 10.4 Å². The third-order valence-corrected chi connectivity index (χ3v) is 10.4. The van der Waals surface area contributed by atoms with E-state index in [1.54, 1.807) is 7.11 Å². The van der Waals surface area contributed by atoms with Crippen molar-refractivity contribution in [3.05, 3.63) is 73.3 Å². The van der Waals surface area contributed by atoms with Crippen LogP contribution in [0, 0.1) is 5.92 Å².